The SMILES string of the molecule is NCC(c1ccnc(Br)c1)C1CC1. The van der Waals surface area contributed by atoms with Crippen molar-refractivity contribution in [1.29, 1.82) is 0 Å². The van der Waals surface area contributed by atoms with Crippen LogP contribution in [0, 0.1) is 5.92 Å². The van der Waals surface area contributed by atoms with E-state index >= 15 is 0 Å². The Kier molecular flexibility index (Phi) is 2.65. The van der Waals surface area contributed by atoms with Gasteiger partial charge in [0, 0.05) is 6.20 Å². The summed E-state index contributed by atoms with van der Waals surface area (Å²) < 4.78 is 0.907. The van der Waals surface area contributed by atoms with Crippen LogP contribution < -0.4 is 5.73 Å². The molecule has 1 aliphatic rings. The van der Waals surface area contributed by atoms with Crippen LogP contribution in [-0.4, -0.2) is 11.5 Å². The third-order valence-electron chi connectivity index (χ3n) is 2.62. The Balaban J connectivity index is 2.21. The largest absolute Gasteiger partial charge is 0.330 e. The molecule has 13 heavy (non-hydrogen) atoms. The molecule has 1 aromatic heterocycles. The molecule has 70 valence electrons. The van der Waals surface area contributed by atoms with E-state index in [1.54, 1.807) is 0 Å². The summed E-state index contributed by atoms with van der Waals surface area (Å²) in [5, 5.41) is 0. The van der Waals surface area contributed by atoms with E-state index in [0.29, 0.717) is 5.92 Å². The average Bonchev–Trinajstić information content (AvgIpc) is 2.90. The Morgan fingerprint density at radius 1 is 1.62 bits per heavy atom. The Morgan fingerprint density at radius 2 is 2.38 bits per heavy atom. The number of rotatable bonds is 3. The minimum Gasteiger partial charge on any atom is -0.330 e. The van der Waals surface area contributed by atoms with Gasteiger partial charge in [-0.2, -0.15) is 0 Å². The standard InChI is InChI=1S/C10H13BrN2/c11-10-5-8(3-4-13-10)9(6-12)7-1-2-7/h3-5,7,9H,1-2,6,12H2. The lowest BCUT2D eigenvalue weighted by molar-refractivity contribution is 0.614. The van der Waals surface area contributed by atoms with Crippen molar-refractivity contribution in [1.82, 2.24) is 4.98 Å². The number of aromatic nitrogens is 1. The van der Waals surface area contributed by atoms with E-state index in [1.807, 2.05) is 6.20 Å². The van der Waals surface area contributed by atoms with E-state index in [-0.39, 0.29) is 0 Å². The van der Waals surface area contributed by atoms with Crippen LogP contribution in [0.15, 0.2) is 22.9 Å². The van der Waals surface area contributed by atoms with Gasteiger partial charge < -0.3 is 5.73 Å². The van der Waals surface area contributed by atoms with Crippen LogP contribution in [-0.2, 0) is 0 Å². The third-order valence-corrected chi connectivity index (χ3v) is 3.06. The van der Waals surface area contributed by atoms with E-state index in [4.69, 9.17) is 5.73 Å². The van der Waals surface area contributed by atoms with E-state index in [1.165, 1.54) is 18.4 Å². The molecule has 0 saturated heterocycles. The van der Waals surface area contributed by atoms with Crippen LogP contribution in [0.1, 0.15) is 24.3 Å². The lowest BCUT2D eigenvalue weighted by atomic mass is 9.95. The Hall–Kier alpha value is -0.410. The zero-order chi connectivity index (χ0) is 9.26. The molecule has 2 rings (SSSR count). The molecule has 0 amide bonds. The molecule has 2 N–H and O–H groups in total. The highest BCUT2D eigenvalue weighted by atomic mass is 79.9. The van der Waals surface area contributed by atoms with E-state index in [9.17, 15) is 0 Å². The van der Waals surface area contributed by atoms with Gasteiger partial charge in [-0.15, -0.1) is 0 Å². The Bertz CT molecular complexity index is 297. The summed E-state index contributed by atoms with van der Waals surface area (Å²) >= 11 is 3.38. The summed E-state index contributed by atoms with van der Waals surface area (Å²) in [7, 11) is 0. The summed E-state index contributed by atoms with van der Waals surface area (Å²) in [6.07, 6.45) is 4.51. The molecule has 1 aromatic rings. The highest BCUT2D eigenvalue weighted by Gasteiger charge is 2.31. The van der Waals surface area contributed by atoms with Crippen molar-refractivity contribution in [2.75, 3.05) is 6.54 Å². The van der Waals surface area contributed by atoms with Crippen molar-refractivity contribution in [3.63, 3.8) is 0 Å². The fraction of sp³-hybridized carbons (Fsp3) is 0.500. The lowest BCUT2D eigenvalue weighted by Gasteiger charge is -2.13. The summed E-state index contributed by atoms with van der Waals surface area (Å²) in [4.78, 5) is 4.11. The maximum absolute atomic E-state index is 5.76. The molecule has 0 aliphatic heterocycles. The van der Waals surface area contributed by atoms with Crippen LogP contribution in [0.4, 0.5) is 0 Å². The van der Waals surface area contributed by atoms with Crippen molar-refractivity contribution >= 4 is 15.9 Å². The fourth-order valence-electron chi connectivity index (χ4n) is 1.75. The first-order valence-electron chi connectivity index (χ1n) is 4.63. The van der Waals surface area contributed by atoms with E-state index in [0.717, 1.165) is 17.1 Å². The van der Waals surface area contributed by atoms with Crippen molar-refractivity contribution < 1.29 is 0 Å². The van der Waals surface area contributed by atoms with E-state index < -0.39 is 0 Å². The first-order chi connectivity index (χ1) is 6.31. The van der Waals surface area contributed by atoms with Crippen molar-refractivity contribution in [3.8, 4) is 0 Å². The smallest absolute Gasteiger partial charge is 0.106 e. The van der Waals surface area contributed by atoms with Gasteiger partial charge in [0.15, 0.2) is 0 Å². The van der Waals surface area contributed by atoms with Crippen LogP contribution in [0.2, 0.25) is 0 Å². The van der Waals surface area contributed by atoms with Gasteiger partial charge in [-0.25, -0.2) is 4.98 Å². The second-order valence-electron chi connectivity index (χ2n) is 3.59. The number of halogens is 1. The highest BCUT2D eigenvalue weighted by Crippen LogP contribution is 2.42. The second kappa shape index (κ2) is 3.76. The molecule has 1 aliphatic carbocycles. The first kappa shape index (κ1) is 9.16. The van der Waals surface area contributed by atoms with Crippen LogP contribution in [0.3, 0.4) is 0 Å². The number of nitrogens with two attached hydrogens (primary N) is 1. The van der Waals surface area contributed by atoms with Gasteiger partial charge >= 0.3 is 0 Å². The molecule has 1 unspecified atom stereocenters. The first-order valence-corrected chi connectivity index (χ1v) is 5.42. The number of nitrogens with zero attached hydrogens (tertiary/aromatic N) is 1. The van der Waals surface area contributed by atoms with Crippen molar-refractivity contribution in [2.24, 2.45) is 11.7 Å². The molecule has 2 nitrogen and oxygen atoms in total. The summed E-state index contributed by atoms with van der Waals surface area (Å²) in [6.45, 7) is 0.751. The predicted octanol–water partition coefficient (Wildman–Crippen LogP) is 2.30. The van der Waals surface area contributed by atoms with Gasteiger partial charge in [-0.1, -0.05) is 0 Å². The summed E-state index contributed by atoms with van der Waals surface area (Å²) in [6, 6.07) is 4.15. The Labute approximate surface area is 86.7 Å². The number of hydrogen-bond donors (Lipinski definition) is 1. The van der Waals surface area contributed by atoms with Gasteiger partial charge in [0.25, 0.3) is 0 Å². The van der Waals surface area contributed by atoms with Crippen LogP contribution in [0.5, 0.6) is 0 Å². The quantitative estimate of drug-likeness (QED) is 0.824. The summed E-state index contributed by atoms with van der Waals surface area (Å²) in [5.41, 5.74) is 7.09. The third kappa shape index (κ3) is 2.09. The van der Waals surface area contributed by atoms with Gasteiger partial charge in [0.05, 0.1) is 0 Å². The number of pyridine rings is 1. The summed E-state index contributed by atoms with van der Waals surface area (Å²) in [5.74, 6) is 1.36. The fourth-order valence-corrected chi connectivity index (χ4v) is 2.13. The molecule has 0 aromatic carbocycles. The van der Waals surface area contributed by atoms with Gasteiger partial charge in [-0.05, 0) is 64.8 Å². The maximum atomic E-state index is 5.76. The normalized spacial score (nSPS) is 18.6. The van der Waals surface area contributed by atoms with Crippen LogP contribution >= 0.6 is 15.9 Å². The second-order valence-corrected chi connectivity index (χ2v) is 4.40. The molecule has 1 heterocycles. The number of hydrogen-bond acceptors (Lipinski definition) is 2. The van der Waals surface area contributed by atoms with Crippen molar-refractivity contribution in [2.45, 2.75) is 18.8 Å². The minimum atomic E-state index is 0.541. The molecular weight excluding hydrogens is 228 g/mol. The molecule has 1 fully saturated rings. The highest BCUT2D eigenvalue weighted by molar-refractivity contribution is 9.10. The molecule has 1 atom stereocenters. The van der Waals surface area contributed by atoms with Gasteiger partial charge in [-0.3, -0.25) is 0 Å². The topological polar surface area (TPSA) is 38.9 Å². The predicted molar refractivity (Wildman–Crippen MR) is 56.5 cm³/mol. The molecule has 3 heteroatoms. The molecule has 1 saturated carbocycles. The van der Waals surface area contributed by atoms with Gasteiger partial charge in [0.2, 0.25) is 0 Å². The molecule has 0 spiro atoms. The van der Waals surface area contributed by atoms with Crippen molar-refractivity contribution in [3.05, 3.63) is 28.5 Å². The minimum absolute atomic E-state index is 0.541. The lowest BCUT2D eigenvalue weighted by Crippen LogP contribution is -2.14. The van der Waals surface area contributed by atoms with Crippen LogP contribution in [0.25, 0.3) is 0 Å². The zero-order valence-corrected chi connectivity index (χ0v) is 9.00. The Morgan fingerprint density at radius 3 is 2.92 bits per heavy atom. The molecular formula is C10H13BrN2. The van der Waals surface area contributed by atoms with Gasteiger partial charge in [0.1, 0.15) is 4.60 Å². The molecule has 0 radical (unpaired) electrons. The maximum Gasteiger partial charge on any atom is 0.106 e. The zero-order valence-electron chi connectivity index (χ0n) is 7.41. The van der Waals surface area contributed by atoms with E-state index in [2.05, 4.69) is 33.0 Å². The average molecular weight is 241 g/mol. The molecule has 0 bridgehead atoms. The monoisotopic (exact) mass is 240 g/mol.